The summed E-state index contributed by atoms with van der Waals surface area (Å²) in [6.07, 6.45) is 5.19. The highest BCUT2D eigenvalue weighted by molar-refractivity contribution is 5.89. The van der Waals surface area contributed by atoms with Crippen LogP contribution >= 0.6 is 0 Å². The van der Waals surface area contributed by atoms with Gasteiger partial charge in [0.2, 0.25) is 5.95 Å². The fourth-order valence-electron chi connectivity index (χ4n) is 4.21. The first-order valence-electron chi connectivity index (χ1n) is 11.1. The minimum absolute atomic E-state index is 0.0480. The molecule has 1 saturated heterocycles. The quantitative estimate of drug-likeness (QED) is 0.466. The Morgan fingerprint density at radius 3 is 2.32 bits per heavy atom. The number of phenolic OH excluding ortho intramolecular Hbond substituents is 1. The molecule has 1 aliphatic heterocycles. The molecule has 0 amide bonds. The summed E-state index contributed by atoms with van der Waals surface area (Å²) < 4.78 is 1.92. The van der Waals surface area contributed by atoms with Gasteiger partial charge in [0.05, 0.1) is 12.2 Å². The van der Waals surface area contributed by atoms with E-state index in [1.165, 1.54) is 0 Å². The first-order chi connectivity index (χ1) is 16.5. The molecule has 10 nitrogen and oxygen atoms in total. The normalized spacial score (nSPS) is 13.9. The van der Waals surface area contributed by atoms with Crippen molar-refractivity contribution in [2.75, 3.05) is 54.5 Å². The van der Waals surface area contributed by atoms with Gasteiger partial charge >= 0.3 is 0 Å². The van der Waals surface area contributed by atoms with Crippen molar-refractivity contribution in [1.82, 2.24) is 24.5 Å². The minimum Gasteiger partial charge on any atom is -0.508 e. The molecule has 1 aliphatic rings. The molecule has 4 heterocycles. The summed E-state index contributed by atoms with van der Waals surface area (Å²) in [5, 5.41) is 9.57. The molecule has 1 fully saturated rings. The fraction of sp³-hybridized carbons (Fsp3) is 0.292. The van der Waals surface area contributed by atoms with Gasteiger partial charge in [0.25, 0.3) is 0 Å². The highest BCUT2D eigenvalue weighted by Crippen LogP contribution is 2.28. The Bertz CT molecular complexity index is 1300. The first-order valence-corrected chi connectivity index (χ1v) is 11.1. The molecular formula is C24H26N8O2. The second kappa shape index (κ2) is 8.97. The van der Waals surface area contributed by atoms with Gasteiger partial charge in [0, 0.05) is 51.3 Å². The maximum atomic E-state index is 11.8. The molecule has 174 valence electrons. The molecule has 0 bridgehead atoms. The number of likely N-dealkylation sites (N-methyl/N-ethyl adjacent to an activating group) is 1. The number of nitrogens with zero attached hydrogens (tertiary/aromatic N) is 8. The third kappa shape index (κ3) is 4.21. The van der Waals surface area contributed by atoms with E-state index in [0.717, 1.165) is 37.6 Å². The first kappa shape index (κ1) is 21.6. The summed E-state index contributed by atoms with van der Waals surface area (Å²) in [4.78, 5) is 36.5. The molecule has 0 atom stereocenters. The second-order valence-electron chi connectivity index (χ2n) is 8.39. The Hall–Kier alpha value is -4.21. The summed E-state index contributed by atoms with van der Waals surface area (Å²) in [7, 11) is 1.85. The van der Waals surface area contributed by atoms with Gasteiger partial charge in [0.15, 0.2) is 17.0 Å². The average Bonchev–Trinajstić information content (AvgIpc) is 3.28. The SMILES string of the molecule is CC(=O)CN(C)c1nc(N2CCN(c3ccc(O)cc3)CC2)nc2c1ncn2-c1ccncc1. The molecule has 0 unspecified atom stereocenters. The number of benzene rings is 1. The standard InChI is InChI=1S/C24H26N8O2/c1-17(33)15-29(2)22-21-23(32(16-26-21)19-7-9-25-10-8-19)28-24(27-22)31-13-11-30(12-14-31)18-3-5-20(34)6-4-18/h3-10,16,34H,11-15H2,1-2H3. The molecule has 1 N–H and O–H groups in total. The lowest BCUT2D eigenvalue weighted by atomic mass is 10.2. The highest BCUT2D eigenvalue weighted by Gasteiger charge is 2.24. The molecule has 0 radical (unpaired) electrons. The van der Waals surface area contributed by atoms with E-state index in [9.17, 15) is 9.90 Å². The number of aromatic nitrogens is 5. The maximum absolute atomic E-state index is 11.8. The number of piperazine rings is 1. The second-order valence-corrected chi connectivity index (χ2v) is 8.39. The van der Waals surface area contributed by atoms with Crippen LogP contribution in [0.3, 0.4) is 0 Å². The van der Waals surface area contributed by atoms with Crippen molar-refractivity contribution < 1.29 is 9.90 Å². The van der Waals surface area contributed by atoms with Gasteiger partial charge in [-0.25, -0.2) is 4.98 Å². The molecule has 10 heteroatoms. The van der Waals surface area contributed by atoms with Crippen molar-refractivity contribution >= 4 is 34.4 Å². The zero-order valence-corrected chi connectivity index (χ0v) is 19.2. The molecule has 3 aromatic heterocycles. The number of Topliss-reactive ketones (excluding diaryl/α,β-unsaturated/α-hetero) is 1. The maximum Gasteiger partial charge on any atom is 0.229 e. The Kier molecular flexibility index (Phi) is 5.70. The van der Waals surface area contributed by atoms with E-state index in [0.29, 0.717) is 22.9 Å². The number of carbonyl (C=O) groups is 1. The Labute approximate surface area is 197 Å². The molecule has 5 rings (SSSR count). The van der Waals surface area contributed by atoms with Gasteiger partial charge in [-0.3, -0.25) is 14.3 Å². The summed E-state index contributed by atoms with van der Waals surface area (Å²) in [5.74, 6) is 1.55. The third-order valence-electron chi connectivity index (χ3n) is 5.91. The number of anilines is 3. The lowest BCUT2D eigenvalue weighted by Gasteiger charge is -2.36. The number of imidazole rings is 1. The fourth-order valence-corrected chi connectivity index (χ4v) is 4.21. The van der Waals surface area contributed by atoms with Crippen molar-refractivity contribution in [3.8, 4) is 11.4 Å². The molecule has 34 heavy (non-hydrogen) atoms. The highest BCUT2D eigenvalue weighted by atomic mass is 16.3. The number of pyridine rings is 1. The van der Waals surface area contributed by atoms with Crippen LogP contribution in [-0.2, 0) is 4.79 Å². The smallest absolute Gasteiger partial charge is 0.229 e. The van der Waals surface area contributed by atoms with Crippen LogP contribution in [0, 0.1) is 0 Å². The predicted octanol–water partition coefficient (Wildman–Crippen LogP) is 2.27. The number of hydrogen-bond donors (Lipinski definition) is 1. The van der Waals surface area contributed by atoms with Gasteiger partial charge in [-0.2, -0.15) is 9.97 Å². The van der Waals surface area contributed by atoms with E-state index in [2.05, 4.69) is 19.8 Å². The number of ketones is 1. The van der Waals surface area contributed by atoms with E-state index in [1.807, 2.05) is 40.8 Å². The summed E-state index contributed by atoms with van der Waals surface area (Å²) in [6.45, 7) is 4.89. The van der Waals surface area contributed by atoms with E-state index in [-0.39, 0.29) is 18.1 Å². The zero-order chi connectivity index (χ0) is 23.7. The van der Waals surface area contributed by atoms with E-state index in [1.54, 1.807) is 37.8 Å². The lowest BCUT2D eigenvalue weighted by Crippen LogP contribution is -2.47. The minimum atomic E-state index is 0.0480. The van der Waals surface area contributed by atoms with Crippen LogP contribution in [0.4, 0.5) is 17.5 Å². The summed E-state index contributed by atoms with van der Waals surface area (Å²) in [6, 6.07) is 11.1. The van der Waals surface area contributed by atoms with Gasteiger partial charge in [-0.15, -0.1) is 0 Å². The van der Waals surface area contributed by atoms with Crippen molar-refractivity contribution in [3.63, 3.8) is 0 Å². The van der Waals surface area contributed by atoms with Crippen LogP contribution in [0.15, 0.2) is 55.1 Å². The third-order valence-corrected chi connectivity index (χ3v) is 5.91. The van der Waals surface area contributed by atoms with Crippen LogP contribution in [0.2, 0.25) is 0 Å². The molecule has 4 aromatic rings. The number of phenols is 1. The monoisotopic (exact) mass is 458 g/mol. The molecular weight excluding hydrogens is 432 g/mol. The van der Waals surface area contributed by atoms with Crippen LogP contribution in [0.5, 0.6) is 5.75 Å². The Morgan fingerprint density at radius 1 is 0.971 bits per heavy atom. The van der Waals surface area contributed by atoms with Crippen LogP contribution < -0.4 is 14.7 Å². The van der Waals surface area contributed by atoms with E-state index < -0.39 is 0 Å². The van der Waals surface area contributed by atoms with Gasteiger partial charge < -0.3 is 19.8 Å². The number of carbonyl (C=O) groups excluding carboxylic acids is 1. The van der Waals surface area contributed by atoms with Crippen molar-refractivity contribution in [3.05, 3.63) is 55.1 Å². The molecule has 0 aliphatic carbocycles. The number of hydrogen-bond acceptors (Lipinski definition) is 9. The van der Waals surface area contributed by atoms with Crippen LogP contribution in [0.1, 0.15) is 6.92 Å². The summed E-state index contributed by atoms with van der Waals surface area (Å²) >= 11 is 0. The molecule has 1 aromatic carbocycles. The van der Waals surface area contributed by atoms with Crippen molar-refractivity contribution in [1.29, 1.82) is 0 Å². The van der Waals surface area contributed by atoms with E-state index >= 15 is 0 Å². The molecule has 0 saturated carbocycles. The van der Waals surface area contributed by atoms with Gasteiger partial charge in [-0.05, 0) is 43.3 Å². The van der Waals surface area contributed by atoms with Crippen molar-refractivity contribution in [2.24, 2.45) is 0 Å². The van der Waals surface area contributed by atoms with Crippen LogP contribution in [0.25, 0.3) is 16.9 Å². The lowest BCUT2D eigenvalue weighted by molar-refractivity contribution is -0.115. The van der Waals surface area contributed by atoms with Gasteiger partial charge in [-0.1, -0.05) is 0 Å². The van der Waals surface area contributed by atoms with E-state index in [4.69, 9.17) is 9.97 Å². The van der Waals surface area contributed by atoms with Crippen molar-refractivity contribution in [2.45, 2.75) is 6.92 Å². The summed E-state index contributed by atoms with van der Waals surface area (Å²) in [5.41, 5.74) is 3.31. The average molecular weight is 459 g/mol. The predicted molar refractivity (Wildman–Crippen MR) is 131 cm³/mol. The number of aromatic hydroxyl groups is 1. The van der Waals surface area contributed by atoms with Crippen LogP contribution in [-0.4, -0.2) is 75.2 Å². The topological polar surface area (TPSA) is 104 Å². The van der Waals surface area contributed by atoms with Gasteiger partial charge in [0.1, 0.15) is 17.9 Å². The number of rotatable bonds is 6. The Morgan fingerprint density at radius 2 is 1.65 bits per heavy atom. The zero-order valence-electron chi connectivity index (χ0n) is 19.2. The number of fused-ring (bicyclic) bond motifs is 1. The molecule has 0 spiro atoms. The Balaban J connectivity index is 1.49. The largest absolute Gasteiger partial charge is 0.508 e.